The van der Waals surface area contributed by atoms with Crippen LogP contribution >= 0.6 is 15.9 Å². The maximum absolute atomic E-state index is 13.3. The molecule has 1 aromatic carbocycles. The SMILES string of the molecule is CC(C#N)C(O)c1ccc(Br)cc1F. The van der Waals surface area contributed by atoms with Crippen molar-refractivity contribution in [3.05, 3.63) is 34.1 Å². The molecule has 0 saturated heterocycles. The second-order valence-corrected chi connectivity index (χ2v) is 3.94. The molecule has 2 nitrogen and oxygen atoms in total. The molecule has 0 bridgehead atoms. The summed E-state index contributed by atoms with van der Waals surface area (Å²) in [6, 6.07) is 6.24. The van der Waals surface area contributed by atoms with Crippen molar-refractivity contribution in [2.24, 2.45) is 5.92 Å². The van der Waals surface area contributed by atoms with Crippen molar-refractivity contribution in [3.63, 3.8) is 0 Å². The van der Waals surface area contributed by atoms with Crippen molar-refractivity contribution < 1.29 is 9.50 Å². The minimum absolute atomic E-state index is 0.155. The number of hydrogen-bond donors (Lipinski definition) is 1. The number of nitrogens with zero attached hydrogens (tertiary/aromatic N) is 1. The van der Waals surface area contributed by atoms with E-state index in [-0.39, 0.29) is 5.56 Å². The maximum Gasteiger partial charge on any atom is 0.130 e. The number of aliphatic hydroxyl groups is 1. The van der Waals surface area contributed by atoms with Gasteiger partial charge in [-0.2, -0.15) is 5.26 Å². The predicted molar refractivity (Wildman–Crippen MR) is 53.8 cm³/mol. The molecule has 0 saturated carbocycles. The predicted octanol–water partition coefficient (Wildman–Crippen LogP) is 2.78. The molecule has 0 spiro atoms. The zero-order valence-corrected chi connectivity index (χ0v) is 9.12. The van der Waals surface area contributed by atoms with Gasteiger partial charge >= 0.3 is 0 Å². The lowest BCUT2D eigenvalue weighted by atomic mass is 9.98. The Labute approximate surface area is 90.1 Å². The first kappa shape index (κ1) is 11.2. The van der Waals surface area contributed by atoms with Crippen molar-refractivity contribution in [1.82, 2.24) is 0 Å². The second kappa shape index (κ2) is 4.54. The highest BCUT2D eigenvalue weighted by Gasteiger charge is 2.19. The van der Waals surface area contributed by atoms with Gasteiger partial charge in [-0.1, -0.05) is 22.0 Å². The summed E-state index contributed by atoms with van der Waals surface area (Å²) in [5.74, 6) is -1.13. The molecule has 0 amide bonds. The molecule has 2 unspecified atom stereocenters. The topological polar surface area (TPSA) is 44.0 Å². The summed E-state index contributed by atoms with van der Waals surface area (Å²) in [6.45, 7) is 1.55. The van der Waals surface area contributed by atoms with E-state index in [1.807, 2.05) is 6.07 Å². The number of nitriles is 1. The highest BCUT2D eigenvalue weighted by atomic mass is 79.9. The first-order valence-corrected chi connectivity index (χ1v) is 4.88. The molecule has 4 heteroatoms. The van der Waals surface area contributed by atoms with E-state index in [0.29, 0.717) is 4.47 Å². The number of benzene rings is 1. The van der Waals surface area contributed by atoms with Gasteiger partial charge in [0.05, 0.1) is 18.1 Å². The van der Waals surface area contributed by atoms with Gasteiger partial charge in [-0.3, -0.25) is 0 Å². The summed E-state index contributed by atoms with van der Waals surface area (Å²) >= 11 is 3.11. The van der Waals surface area contributed by atoms with Crippen LogP contribution < -0.4 is 0 Å². The van der Waals surface area contributed by atoms with Gasteiger partial charge < -0.3 is 5.11 Å². The summed E-state index contributed by atoms with van der Waals surface area (Å²) in [4.78, 5) is 0. The molecule has 0 radical (unpaired) electrons. The summed E-state index contributed by atoms with van der Waals surface area (Å²) in [5, 5.41) is 18.2. The molecule has 2 atom stereocenters. The van der Waals surface area contributed by atoms with Crippen LogP contribution in [0.15, 0.2) is 22.7 Å². The minimum atomic E-state index is -1.08. The highest BCUT2D eigenvalue weighted by molar-refractivity contribution is 9.10. The molecule has 1 rings (SSSR count). The first-order valence-electron chi connectivity index (χ1n) is 4.09. The molecule has 0 aromatic heterocycles. The zero-order chi connectivity index (χ0) is 10.7. The molecule has 74 valence electrons. The lowest BCUT2D eigenvalue weighted by molar-refractivity contribution is 0.138. The van der Waals surface area contributed by atoms with Gasteiger partial charge in [0.2, 0.25) is 0 Å². The number of hydrogen-bond acceptors (Lipinski definition) is 2. The van der Waals surface area contributed by atoms with E-state index in [4.69, 9.17) is 5.26 Å². The Morgan fingerprint density at radius 2 is 2.21 bits per heavy atom. The van der Waals surface area contributed by atoms with Crippen LogP contribution in [0.3, 0.4) is 0 Å². The van der Waals surface area contributed by atoms with Gasteiger partial charge in [-0.25, -0.2) is 4.39 Å². The van der Waals surface area contributed by atoms with Crippen LogP contribution in [-0.4, -0.2) is 5.11 Å². The van der Waals surface area contributed by atoms with E-state index in [1.54, 1.807) is 13.0 Å². The van der Waals surface area contributed by atoms with Crippen molar-refractivity contribution in [3.8, 4) is 6.07 Å². The first-order chi connectivity index (χ1) is 6.56. The van der Waals surface area contributed by atoms with Gasteiger partial charge in [0, 0.05) is 10.0 Å². The van der Waals surface area contributed by atoms with E-state index in [0.717, 1.165) is 0 Å². The molecule has 0 heterocycles. The number of rotatable bonds is 2. The molecular formula is C10H9BrFNO. The summed E-state index contributed by atoms with van der Waals surface area (Å²) in [7, 11) is 0. The molecule has 0 fully saturated rings. The van der Waals surface area contributed by atoms with E-state index >= 15 is 0 Å². The average molecular weight is 258 g/mol. The third kappa shape index (κ3) is 2.31. The van der Waals surface area contributed by atoms with Crippen LogP contribution in [-0.2, 0) is 0 Å². The van der Waals surface area contributed by atoms with Crippen LogP contribution in [0.1, 0.15) is 18.6 Å². The largest absolute Gasteiger partial charge is 0.387 e. The Balaban J connectivity index is 3.03. The summed E-state index contributed by atoms with van der Waals surface area (Å²) in [6.07, 6.45) is -1.08. The summed E-state index contributed by atoms with van der Waals surface area (Å²) in [5.41, 5.74) is 0.155. The van der Waals surface area contributed by atoms with Crippen LogP contribution in [0.4, 0.5) is 4.39 Å². The van der Waals surface area contributed by atoms with Crippen LogP contribution in [0.25, 0.3) is 0 Å². The van der Waals surface area contributed by atoms with E-state index in [9.17, 15) is 9.50 Å². The van der Waals surface area contributed by atoms with Gasteiger partial charge in [0.15, 0.2) is 0 Å². The van der Waals surface area contributed by atoms with Gasteiger partial charge in [0.25, 0.3) is 0 Å². The smallest absolute Gasteiger partial charge is 0.130 e. The second-order valence-electron chi connectivity index (χ2n) is 3.03. The Kier molecular flexibility index (Phi) is 3.62. The molecular weight excluding hydrogens is 249 g/mol. The molecule has 1 aromatic rings. The number of halogens is 2. The normalized spacial score (nSPS) is 14.5. The Morgan fingerprint density at radius 1 is 1.57 bits per heavy atom. The van der Waals surface area contributed by atoms with Crippen LogP contribution in [0.2, 0.25) is 0 Å². The minimum Gasteiger partial charge on any atom is -0.387 e. The van der Waals surface area contributed by atoms with Gasteiger partial charge in [0.1, 0.15) is 5.82 Å². The van der Waals surface area contributed by atoms with Crippen molar-refractivity contribution in [2.75, 3.05) is 0 Å². The van der Waals surface area contributed by atoms with Crippen molar-refractivity contribution in [1.29, 1.82) is 5.26 Å². The Hall–Kier alpha value is -0.920. The van der Waals surface area contributed by atoms with Crippen molar-refractivity contribution in [2.45, 2.75) is 13.0 Å². The average Bonchev–Trinajstić information content (AvgIpc) is 2.15. The standard InChI is InChI=1S/C10H9BrFNO/c1-6(5-13)10(14)8-3-2-7(11)4-9(8)12/h2-4,6,10,14H,1H3. The lowest BCUT2D eigenvalue weighted by Gasteiger charge is -2.13. The highest BCUT2D eigenvalue weighted by Crippen LogP contribution is 2.25. The van der Waals surface area contributed by atoms with Crippen LogP contribution in [0.5, 0.6) is 0 Å². The number of aliphatic hydroxyl groups excluding tert-OH is 1. The monoisotopic (exact) mass is 257 g/mol. The molecule has 0 aliphatic carbocycles. The van der Waals surface area contributed by atoms with Crippen LogP contribution in [0, 0.1) is 23.1 Å². The third-order valence-electron chi connectivity index (χ3n) is 1.96. The fraction of sp³-hybridized carbons (Fsp3) is 0.300. The maximum atomic E-state index is 13.3. The Bertz CT molecular complexity index is 375. The molecule has 1 N–H and O–H groups in total. The van der Waals surface area contributed by atoms with Gasteiger partial charge in [-0.15, -0.1) is 0 Å². The lowest BCUT2D eigenvalue weighted by Crippen LogP contribution is -2.08. The third-order valence-corrected chi connectivity index (χ3v) is 2.45. The molecule has 0 aliphatic heterocycles. The molecule has 14 heavy (non-hydrogen) atoms. The fourth-order valence-electron chi connectivity index (χ4n) is 1.08. The zero-order valence-electron chi connectivity index (χ0n) is 7.54. The quantitative estimate of drug-likeness (QED) is 0.886. The fourth-order valence-corrected chi connectivity index (χ4v) is 1.41. The van der Waals surface area contributed by atoms with Gasteiger partial charge in [-0.05, 0) is 19.1 Å². The van der Waals surface area contributed by atoms with Crippen molar-refractivity contribution >= 4 is 15.9 Å². The van der Waals surface area contributed by atoms with E-state index in [2.05, 4.69) is 15.9 Å². The van der Waals surface area contributed by atoms with E-state index < -0.39 is 17.8 Å². The Morgan fingerprint density at radius 3 is 2.71 bits per heavy atom. The molecule has 0 aliphatic rings. The summed E-state index contributed by atoms with van der Waals surface area (Å²) < 4.78 is 13.9. The van der Waals surface area contributed by atoms with E-state index in [1.165, 1.54) is 12.1 Å².